The van der Waals surface area contributed by atoms with E-state index in [-0.39, 0.29) is 6.79 Å². The second-order valence-corrected chi connectivity index (χ2v) is 6.29. The summed E-state index contributed by atoms with van der Waals surface area (Å²) < 4.78 is 11.6. The van der Waals surface area contributed by atoms with Gasteiger partial charge in [-0.05, 0) is 58.5 Å². The van der Waals surface area contributed by atoms with E-state index in [0.717, 1.165) is 14.8 Å². The molecule has 1 heterocycles. The molecule has 2 aromatic carbocycles. The number of nitrogens with one attached hydrogen (secondary N) is 1. The van der Waals surface area contributed by atoms with Crippen LogP contribution >= 0.6 is 34.2 Å². The number of aliphatic hydroxyl groups excluding tert-OH is 1. The molecule has 1 atom stereocenters. The van der Waals surface area contributed by atoms with E-state index in [2.05, 4.69) is 27.9 Å². The van der Waals surface area contributed by atoms with Crippen LogP contribution in [0.4, 0.5) is 5.69 Å². The fraction of sp³-hybridized carbons (Fsp3) is 0.200. The number of ether oxygens (including phenoxy) is 2. The predicted octanol–water partition coefficient (Wildman–Crippen LogP) is 3.82. The summed E-state index contributed by atoms with van der Waals surface area (Å²) in [6.45, 7) is 0.589. The Morgan fingerprint density at radius 1 is 1.19 bits per heavy atom. The lowest BCUT2D eigenvalue weighted by Crippen LogP contribution is -2.12. The van der Waals surface area contributed by atoms with Crippen molar-refractivity contribution < 1.29 is 14.6 Å². The molecule has 1 aliphatic rings. The normalized spacial score (nSPS) is 14.0. The van der Waals surface area contributed by atoms with Crippen LogP contribution < -0.4 is 14.8 Å². The number of fused-ring (bicyclic) bond motifs is 1. The zero-order valence-corrected chi connectivity index (χ0v) is 13.9. The molecule has 1 aliphatic heterocycles. The van der Waals surface area contributed by atoms with Crippen molar-refractivity contribution in [2.75, 3.05) is 18.7 Å². The van der Waals surface area contributed by atoms with E-state index in [1.54, 1.807) is 12.1 Å². The van der Waals surface area contributed by atoms with Gasteiger partial charge in [0.15, 0.2) is 11.5 Å². The molecule has 0 saturated carbocycles. The van der Waals surface area contributed by atoms with E-state index in [0.29, 0.717) is 23.1 Å². The zero-order chi connectivity index (χ0) is 14.8. The Kier molecular flexibility index (Phi) is 4.42. The third kappa shape index (κ3) is 3.36. The highest BCUT2D eigenvalue weighted by atomic mass is 127. The van der Waals surface area contributed by atoms with Gasteiger partial charge in [0.05, 0.1) is 16.8 Å². The Morgan fingerprint density at radius 2 is 2.00 bits per heavy atom. The van der Waals surface area contributed by atoms with Crippen LogP contribution in [0.3, 0.4) is 0 Å². The van der Waals surface area contributed by atoms with Gasteiger partial charge in [0, 0.05) is 10.1 Å². The molecule has 0 aliphatic carbocycles. The van der Waals surface area contributed by atoms with Gasteiger partial charge in [0.1, 0.15) is 0 Å². The number of anilines is 1. The molecule has 4 nitrogen and oxygen atoms in total. The minimum absolute atomic E-state index is 0.228. The Hall–Kier alpha value is -1.18. The van der Waals surface area contributed by atoms with Crippen molar-refractivity contribution >= 4 is 39.9 Å². The summed E-state index contributed by atoms with van der Waals surface area (Å²) in [5.41, 5.74) is 1.57. The number of aliphatic hydroxyl groups is 1. The van der Waals surface area contributed by atoms with Crippen molar-refractivity contribution in [2.24, 2.45) is 0 Å². The Balaban J connectivity index is 1.67. The quantitative estimate of drug-likeness (QED) is 0.743. The molecule has 6 heteroatoms. The van der Waals surface area contributed by atoms with Gasteiger partial charge < -0.3 is 19.9 Å². The van der Waals surface area contributed by atoms with Crippen LogP contribution in [0, 0.1) is 3.57 Å². The minimum atomic E-state index is -0.658. The molecule has 0 spiro atoms. The SMILES string of the molecule is OC(CNc1ccc(I)cc1Cl)c1ccc2c(c1)OCO2. The van der Waals surface area contributed by atoms with Crippen LogP contribution in [0.25, 0.3) is 0 Å². The van der Waals surface area contributed by atoms with Crippen molar-refractivity contribution in [3.8, 4) is 11.5 Å². The average molecular weight is 418 g/mol. The molecular formula is C15H13ClINO3. The van der Waals surface area contributed by atoms with E-state index in [9.17, 15) is 5.11 Å². The monoisotopic (exact) mass is 417 g/mol. The third-order valence-electron chi connectivity index (χ3n) is 3.20. The van der Waals surface area contributed by atoms with Crippen molar-refractivity contribution in [2.45, 2.75) is 6.10 Å². The molecule has 1 unspecified atom stereocenters. The fourth-order valence-electron chi connectivity index (χ4n) is 2.08. The van der Waals surface area contributed by atoms with Crippen molar-refractivity contribution in [1.82, 2.24) is 0 Å². The molecule has 0 aromatic heterocycles. The summed E-state index contributed by atoms with van der Waals surface area (Å²) in [6, 6.07) is 11.2. The van der Waals surface area contributed by atoms with Gasteiger partial charge in [-0.1, -0.05) is 17.7 Å². The first-order valence-electron chi connectivity index (χ1n) is 6.40. The Morgan fingerprint density at radius 3 is 2.81 bits per heavy atom. The van der Waals surface area contributed by atoms with E-state index in [1.165, 1.54) is 0 Å². The number of hydrogen-bond acceptors (Lipinski definition) is 4. The van der Waals surface area contributed by atoms with Gasteiger partial charge in [0.25, 0.3) is 0 Å². The van der Waals surface area contributed by atoms with E-state index < -0.39 is 6.10 Å². The number of halogens is 2. The van der Waals surface area contributed by atoms with E-state index in [4.69, 9.17) is 21.1 Å². The standard InChI is InChI=1S/C15H13ClINO3/c16-11-6-10(17)2-3-12(11)18-7-13(19)9-1-4-14-15(5-9)21-8-20-14/h1-6,13,18-19H,7-8H2. The molecule has 0 amide bonds. The molecule has 2 N–H and O–H groups in total. The van der Waals surface area contributed by atoms with Crippen LogP contribution in [0.15, 0.2) is 36.4 Å². The zero-order valence-electron chi connectivity index (χ0n) is 11.0. The van der Waals surface area contributed by atoms with Crippen molar-refractivity contribution in [1.29, 1.82) is 0 Å². The molecule has 0 bridgehead atoms. The summed E-state index contributed by atoms with van der Waals surface area (Å²) in [4.78, 5) is 0. The van der Waals surface area contributed by atoms with Gasteiger partial charge in [-0.3, -0.25) is 0 Å². The molecule has 2 aromatic rings. The van der Waals surface area contributed by atoms with E-state index in [1.807, 2.05) is 24.3 Å². The summed E-state index contributed by atoms with van der Waals surface area (Å²) >= 11 is 8.35. The largest absolute Gasteiger partial charge is 0.454 e. The van der Waals surface area contributed by atoms with Crippen molar-refractivity contribution in [3.05, 3.63) is 50.6 Å². The number of hydrogen-bond donors (Lipinski definition) is 2. The van der Waals surface area contributed by atoms with Gasteiger partial charge in [-0.2, -0.15) is 0 Å². The number of benzene rings is 2. The smallest absolute Gasteiger partial charge is 0.231 e. The Bertz CT molecular complexity index is 665. The second kappa shape index (κ2) is 6.29. The summed E-state index contributed by atoms with van der Waals surface area (Å²) in [6.07, 6.45) is -0.658. The highest BCUT2D eigenvalue weighted by molar-refractivity contribution is 14.1. The van der Waals surface area contributed by atoms with Crippen molar-refractivity contribution in [3.63, 3.8) is 0 Å². The molecule has 110 valence electrons. The maximum absolute atomic E-state index is 10.3. The number of rotatable bonds is 4. The average Bonchev–Trinajstić information content (AvgIpc) is 2.93. The first-order chi connectivity index (χ1) is 10.1. The highest BCUT2D eigenvalue weighted by Crippen LogP contribution is 2.34. The summed E-state index contributed by atoms with van der Waals surface area (Å²) in [7, 11) is 0. The van der Waals surface area contributed by atoms with Crippen LogP contribution in [-0.2, 0) is 0 Å². The van der Waals surface area contributed by atoms with Gasteiger partial charge >= 0.3 is 0 Å². The lowest BCUT2D eigenvalue weighted by Gasteiger charge is -2.14. The van der Waals surface area contributed by atoms with E-state index >= 15 is 0 Å². The summed E-state index contributed by atoms with van der Waals surface area (Å²) in [5, 5.41) is 14.0. The molecule has 0 fully saturated rings. The fourth-order valence-corrected chi connectivity index (χ4v) is 3.00. The predicted molar refractivity (Wildman–Crippen MR) is 90.2 cm³/mol. The van der Waals surface area contributed by atoms with Crippen LogP contribution in [0.1, 0.15) is 11.7 Å². The molecule has 21 heavy (non-hydrogen) atoms. The molecule has 0 saturated heterocycles. The minimum Gasteiger partial charge on any atom is -0.454 e. The lowest BCUT2D eigenvalue weighted by atomic mass is 10.1. The second-order valence-electron chi connectivity index (χ2n) is 4.63. The van der Waals surface area contributed by atoms with Crippen LogP contribution in [0.2, 0.25) is 5.02 Å². The first kappa shape index (κ1) is 14.7. The van der Waals surface area contributed by atoms with Gasteiger partial charge in [0.2, 0.25) is 6.79 Å². The van der Waals surface area contributed by atoms with Gasteiger partial charge in [-0.15, -0.1) is 0 Å². The van der Waals surface area contributed by atoms with Crippen LogP contribution in [-0.4, -0.2) is 18.4 Å². The third-order valence-corrected chi connectivity index (χ3v) is 4.18. The van der Waals surface area contributed by atoms with Gasteiger partial charge in [-0.25, -0.2) is 0 Å². The maximum Gasteiger partial charge on any atom is 0.231 e. The topological polar surface area (TPSA) is 50.7 Å². The maximum atomic E-state index is 10.3. The molecular weight excluding hydrogens is 405 g/mol. The lowest BCUT2D eigenvalue weighted by molar-refractivity contribution is 0.173. The Labute approximate surface area is 141 Å². The molecule has 0 radical (unpaired) electrons. The highest BCUT2D eigenvalue weighted by Gasteiger charge is 2.16. The first-order valence-corrected chi connectivity index (χ1v) is 7.86. The molecule has 3 rings (SSSR count). The summed E-state index contributed by atoms with van der Waals surface area (Å²) in [5.74, 6) is 1.37. The van der Waals surface area contributed by atoms with Crippen LogP contribution in [0.5, 0.6) is 11.5 Å².